The molecule has 2 aromatic rings. The molecule has 0 atom stereocenters. The highest BCUT2D eigenvalue weighted by Gasteiger charge is 2.27. The van der Waals surface area contributed by atoms with Crippen LogP contribution >= 0.6 is 0 Å². The Balaban J connectivity index is 1.79. The Kier molecular flexibility index (Phi) is 4.56. The van der Waals surface area contributed by atoms with Gasteiger partial charge in [0.1, 0.15) is 5.60 Å². The number of benzene rings is 1. The normalized spacial score (nSPS) is 15.4. The molecular formula is C19H26N4O3. The lowest BCUT2D eigenvalue weighted by molar-refractivity contribution is 0.0240. The first kappa shape index (κ1) is 18.1. The fourth-order valence-electron chi connectivity index (χ4n) is 3.28. The SMILES string of the molecule is Cc1cc2c(N3CCN(C(=O)OC(C)(C)C)CC3)ccc(C(N)=O)c2[nH]1. The van der Waals surface area contributed by atoms with Crippen LogP contribution in [0, 0.1) is 6.92 Å². The molecule has 1 fully saturated rings. The van der Waals surface area contributed by atoms with Crippen molar-refractivity contribution >= 4 is 28.6 Å². The summed E-state index contributed by atoms with van der Waals surface area (Å²) < 4.78 is 5.45. The quantitative estimate of drug-likeness (QED) is 0.863. The van der Waals surface area contributed by atoms with Gasteiger partial charge in [-0.15, -0.1) is 0 Å². The van der Waals surface area contributed by atoms with Gasteiger partial charge in [-0.05, 0) is 45.9 Å². The molecule has 0 aliphatic carbocycles. The molecule has 1 aromatic heterocycles. The maximum atomic E-state index is 12.2. The van der Waals surface area contributed by atoms with E-state index in [4.69, 9.17) is 10.5 Å². The summed E-state index contributed by atoms with van der Waals surface area (Å²) in [5.41, 5.74) is 8.27. The van der Waals surface area contributed by atoms with E-state index in [9.17, 15) is 9.59 Å². The second kappa shape index (κ2) is 6.55. The van der Waals surface area contributed by atoms with Crippen molar-refractivity contribution in [3.8, 4) is 0 Å². The second-order valence-electron chi connectivity index (χ2n) is 7.69. The Hall–Kier alpha value is -2.70. The van der Waals surface area contributed by atoms with Crippen molar-refractivity contribution in [1.29, 1.82) is 0 Å². The number of primary amides is 1. The van der Waals surface area contributed by atoms with Crippen molar-refractivity contribution in [2.75, 3.05) is 31.1 Å². The second-order valence-corrected chi connectivity index (χ2v) is 7.69. The number of aromatic nitrogens is 1. The van der Waals surface area contributed by atoms with E-state index in [-0.39, 0.29) is 6.09 Å². The zero-order valence-corrected chi connectivity index (χ0v) is 15.8. The number of nitrogens with two attached hydrogens (primary N) is 1. The van der Waals surface area contributed by atoms with Crippen LogP contribution in [0.3, 0.4) is 0 Å². The molecule has 0 saturated carbocycles. The maximum Gasteiger partial charge on any atom is 0.410 e. The van der Waals surface area contributed by atoms with Gasteiger partial charge in [-0.1, -0.05) is 0 Å². The maximum absolute atomic E-state index is 12.2. The molecule has 1 saturated heterocycles. The van der Waals surface area contributed by atoms with Gasteiger partial charge in [0, 0.05) is 42.9 Å². The number of amides is 2. The van der Waals surface area contributed by atoms with Crippen LogP contribution < -0.4 is 10.6 Å². The number of carbonyl (C=O) groups excluding carboxylic acids is 2. The van der Waals surface area contributed by atoms with Crippen molar-refractivity contribution < 1.29 is 14.3 Å². The summed E-state index contributed by atoms with van der Waals surface area (Å²) in [6, 6.07) is 5.71. The Morgan fingerprint density at radius 3 is 2.38 bits per heavy atom. The summed E-state index contributed by atoms with van der Waals surface area (Å²) in [5.74, 6) is -0.446. The van der Waals surface area contributed by atoms with Crippen molar-refractivity contribution in [1.82, 2.24) is 9.88 Å². The third-order valence-electron chi connectivity index (χ3n) is 4.44. The minimum Gasteiger partial charge on any atom is -0.444 e. The lowest BCUT2D eigenvalue weighted by atomic mass is 10.1. The highest BCUT2D eigenvalue weighted by molar-refractivity contribution is 6.08. The number of carbonyl (C=O) groups is 2. The highest BCUT2D eigenvalue weighted by atomic mass is 16.6. The number of fused-ring (bicyclic) bond motifs is 1. The topological polar surface area (TPSA) is 91.7 Å². The molecule has 1 aliphatic rings. The third-order valence-corrected chi connectivity index (χ3v) is 4.44. The van der Waals surface area contributed by atoms with E-state index in [1.807, 2.05) is 39.8 Å². The number of aryl methyl sites for hydroxylation is 1. The predicted molar refractivity (Wildman–Crippen MR) is 102 cm³/mol. The van der Waals surface area contributed by atoms with Crippen LogP contribution in [0.25, 0.3) is 10.9 Å². The van der Waals surface area contributed by atoms with Gasteiger partial charge in [0.2, 0.25) is 0 Å². The first-order valence-electron chi connectivity index (χ1n) is 8.81. The minimum atomic E-state index is -0.492. The fraction of sp³-hybridized carbons (Fsp3) is 0.474. The number of anilines is 1. The van der Waals surface area contributed by atoms with E-state index < -0.39 is 11.5 Å². The van der Waals surface area contributed by atoms with Gasteiger partial charge >= 0.3 is 6.09 Å². The van der Waals surface area contributed by atoms with Gasteiger partial charge in [-0.2, -0.15) is 0 Å². The average Bonchev–Trinajstić information content (AvgIpc) is 2.93. The van der Waals surface area contributed by atoms with Crippen molar-refractivity contribution in [3.63, 3.8) is 0 Å². The summed E-state index contributed by atoms with van der Waals surface area (Å²) in [7, 11) is 0. The zero-order chi connectivity index (χ0) is 19.1. The molecule has 2 amide bonds. The molecule has 0 unspecified atom stereocenters. The van der Waals surface area contributed by atoms with Gasteiger partial charge in [0.15, 0.2) is 0 Å². The fourth-order valence-corrected chi connectivity index (χ4v) is 3.28. The van der Waals surface area contributed by atoms with Gasteiger partial charge < -0.3 is 25.3 Å². The number of aromatic amines is 1. The Morgan fingerprint density at radius 2 is 1.81 bits per heavy atom. The van der Waals surface area contributed by atoms with E-state index in [2.05, 4.69) is 9.88 Å². The number of ether oxygens (including phenoxy) is 1. The van der Waals surface area contributed by atoms with E-state index in [1.165, 1.54) is 0 Å². The number of rotatable bonds is 2. The molecule has 7 nitrogen and oxygen atoms in total. The molecule has 3 N–H and O–H groups in total. The number of hydrogen-bond donors (Lipinski definition) is 2. The lowest BCUT2D eigenvalue weighted by Gasteiger charge is -2.37. The van der Waals surface area contributed by atoms with E-state index in [0.29, 0.717) is 31.7 Å². The van der Waals surface area contributed by atoms with Gasteiger partial charge in [-0.3, -0.25) is 4.79 Å². The summed E-state index contributed by atoms with van der Waals surface area (Å²) in [6.07, 6.45) is -0.274. The molecule has 1 aliphatic heterocycles. The molecule has 0 spiro atoms. The van der Waals surface area contributed by atoms with Crippen molar-refractivity contribution in [3.05, 3.63) is 29.5 Å². The first-order chi connectivity index (χ1) is 12.2. The number of nitrogens with one attached hydrogen (secondary N) is 1. The largest absolute Gasteiger partial charge is 0.444 e. The van der Waals surface area contributed by atoms with Gasteiger partial charge in [-0.25, -0.2) is 4.79 Å². The van der Waals surface area contributed by atoms with Gasteiger partial charge in [0.25, 0.3) is 5.91 Å². The van der Waals surface area contributed by atoms with Crippen molar-refractivity contribution in [2.45, 2.75) is 33.3 Å². The molecule has 140 valence electrons. The number of piperazine rings is 1. The summed E-state index contributed by atoms with van der Waals surface area (Å²) in [5, 5.41) is 0.976. The Labute approximate surface area is 153 Å². The Morgan fingerprint density at radius 1 is 1.15 bits per heavy atom. The molecule has 1 aromatic carbocycles. The molecule has 7 heteroatoms. The van der Waals surface area contributed by atoms with Crippen molar-refractivity contribution in [2.24, 2.45) is 5.73 Å². The zero-order valence-electron chi connectivity index (χ0n) is 15.8. The molecular weight excluding hydrogens is 332 g/mol. The monoisotopic (exact) mass is 358 g/mol. The van der Waals surface area contributed by atoms with Crippen LogP contribution in [0.15, 0.2) is 18.2 Å². The van der Waals surface area contributed by atoms with Crippen LogP contribution in [0.1, 0.15) is 36.8 Å². The van der Waals surface area contributed by atoms with E-state index in [0.717, 1.165) is 22.3 Å². The minimum absolute atomic E-state index is 0.274. The number of nitrogens with zero attached hydrogens (tertiary/aromatic N) is 2. The molecule has 0 radical (unpaired) electrons. The smallest absolute Gasteiger partial charge is 0.410 e. The number of hydrogen-bond acceptors (Lipinski definition) is 4. The summed E-state index contributed by atoms with van der Waals surface area (Å²) in [4.78, 5) is 31.1. The van der Waals surface area contributed by atoms with Crippen LogP contribution in [-0.2, 0) is 4.74 Å². The lowest BCUT2D eigenvalue weighted by Crippen LogP contribution is -2.50. The van der Waals surface area contributed by atoms with Gasteiger partial charge in [0.05, 0.1) is 11.1 Å². The molecule has 0 bridgehead atoms. The Bertz CT molecular complexity index is 842. The number of H-pyrrole nitrogens is 1. The summed E-state index contributed by atoms with van der Waals surface area (Å²) >= 11 is 0. The van der Waals surface area contributed by atoms with E-state index in [1.54, 1.807) is 11.0 Å². The van der Waals surface area contributed by atoms with Crippen LogP contribution in [-0.4, -0.2) is 53.7 Å². The summed E-state index contributed by atoms with van der Waals surface area (Å²) in [6.45, 7) is 10.2. The van der Waals surface area contributed by atoms with E-state index >= 15 is 0 Å². The standard InChI is InChI=1S/C19H26N4O3/c1-12-11-14-15(6-5-13(17(20)24)16(14)21-12)22-7-9-23(10-8-22)18(25)26-19(2,3)4/h5-6,11,21H,7-10H2,1-4H3,(H2,20,24). The molecule has 26 heavy (non-hydrogen) atoms. The van der Waals surface area contributed by atoms with Crippen LogP contribution in [0.2, 0.25) is 0 Å². The third kappa shape index (κ3) is 3.61. The molecule has 2 heterocycles. The van der Waals surface area contributed by atoms with Crippen LogP contribution in [0.4, 0.5) is 10.5 Å². The molecule has 3 rings (SSSR count). The first-order valence-corrected chi connectivity index (χ1v) is 8.81. The predicted octanol–water partition coefficient (Wildman–Crippen LogP) is 2.63. The highest BCUT2D eigenvalue weighted by Crippen LogP contribution is 2.31. The average molecular weight is 358 g/mol. The van der Waals surface area contributed by atoms with Crippen LogP contribution in [0.5, 0.6) is 0 Å².